The maximum Gasteiger partial charge on any atom is 0.257 e. The van der Waals surface area contributed by atoms with E-state index >= 15 is 0 Å². The van der Waals surface area contributed by atoms with Crippen LogP contribution >= 0.6 is 0 Å². The quantitative estimate of drug-likeness (QED) is 0.866. The van der Waals surface area contributed by atoms with Gasteiger partial charge in [-0.25, -0.2) is 0 Å². The molecule has 0 spiro atoms. The van der Waals surface area contributed by atoms with Crippen LogP contribution in [-0.2, 0) is 7.05 Å². The van der Waals surface area contributed by atoms with Gasteiger partial charge in [0.05, 0.1) is 18.9 Å². The van der Waals surface area contributed by atoms with Gasteiger partial charge < -0.3 is 14.5 Å². The summed E-state index contributed by atoms with van der Waals surface area (Å²) in [5, 5.41) is 4.08. The highest BCUT2D eigenvalue weighted by Crippen LogP contribution is 2.21. The normalized spacial score (nSPS) is 15.4. The van der Waals surface area contributed by atoms with Gasteiger partial charge in [-0.3, -0.25) is 9.48 Å². The first kappa shape index (κ1) is 15.4. The number of benzene rings is 1. The summed E-state index contributed by atoms with van der Waals surface area (Å²) in [5.74, 6) is 0.923. The fourth-order valence-corrected chi connectivity index (χ4v) is 2.89. The molecule has 1 aliphatic heterocycles. The van der Waals surface area contributed by atoms with Gasteiger partial charge in [-0.2, -0.15) is 5.10 Å². The van der Waals surface area contributed by atoms with E-state index < -0.39 is 0 Å². The molecule has 3 rings (SSSR count). The Labute approximate surface area is 136 Å². The van der Waals surface area contributed by atoms with E-state index in [1.165, 1.54) is 5.69 Å². The summed E-state index contributed by atoms with van der Waals surface area (Å²) in [6, 6.07) is 8.08. The van der Waals surface area contributed by atoms with Gasteiger partial charge in [0.2, 0.25) is 0 Å². The van der Waals surface area contributed by atoms with Gasteiger partial charge in [-0.1, -0.05) is 0 Å². The van der Waals surface area contributed by atoms with Crippen LogP contribution in [0.3, 0.4) is 0 Å². The third kappa shape index (κ3) is 3.47. The molecule has 1 amide bonds. The van der Waals surface area contributed by atoms with E-state index in [2.05, 4.69) is 22.1 Å². The van der Waals surface area contributed by atoms with E-state index in [1.54, 1.807) is 24.2 Å². The summed E-state index contributed by atoms with van der Waals surface area (Å²) in [6.45, 7) is 3.28. The molecule has 2 aromatic rings. The van der Waals surface area contributed by atoms with Crippen molar-refractivity contribution in [1.29, 1.82) is 0 Å². The zero-order chi connectivity index (χ0) is 16.2. The first-order valence-corrected chi connectivity index (χ1v) is 7.84. The van der Waals surface area contributed by atoms with E-state index in [0.717, 1.165) is 38.3 Å². The summed E-state index contributed by atoms with van der Waals surface area (Å²) in [7, 11) is 3.49. The fraction of sp³-hybridized carbons (Fsp3) is 0.412. The highest BCUT2D eigenvalue weighted by molar-refractivity contribution is 5.93. The number of nitrogens with zero attached hydrogens (tertiary/aromatic N) is 4. The second-order valence-corrected chi connectivity index (χ2v) is 5.73. The van der Waals surface area contributed by atoms with Crippen LogP contribution in [-0.4, -0.2) is 53.9 Å². The second-order valence-electron chi connectivity index (χ2n) is 5.73. The van der Waals surface area contributed by atoms with Gasteiger partial charge in [-0.05, 0) is 30.7 Å². The number of ether oxygens (including phenoxy) is 1. The van der Waals surface area contributed by atoms with Crippen LogP contribution in [0.2, 0.25) is 0 Å². The van der Waals surface area contributed by atoms with Crippen LogP contribution in [0.25, 0.3) is 0 Å². The van der Waals surface area contributed by atoms with Crippen molar-refractivity contribution in [2.75, 3.05) is 38.2 Å². The average Bonchev–Trinajstić information content (AvgIpc) is 2.87. The Kier molecular flexibility index (Phi) is 4.50. The number of aromatic nitrogens is 2. The molecule has 6 heteroatoms. The van der Waals surface area contributed by atoms with Crippen LogP contribution in [0.4, 0.5) is 5.69 Å². The third-order valence-corrected chi connectivity index (χ3v) is 4.17. The summed E-state index contributed by atoms with van der Waals surface area (Å²) >= 11 is 0. The number of hydrogen-bond acceptors (Lipinski definition) is 4. The van der Waals surface area contributed by atoms with Crippen molar-refractivity contribution < 1.29 is 9.53 Å². The molecule has 2 heterocycles. The van der Waals surface area contributed by atoms with Gasteiger partial charge in [-0.15, -0.1) is 0 Å². The molecule has 0 saturated carbocycles. The standard InChI is InChI=1S/C17H22N4O2/c1-19-13-14(12-18-19)17(22)21-9-3-8-20(10-11-21)15-4-6-16(23-2)7-5-15/h4-7,12-13H,3,8-11H2,1-2H3. The molecule has 0 bridgehead atoms. The van der Waals surface area contributed by atoms with Crippen molar-refractivity contribution in [2.24, 2.45) is 7.05 Å². The molecule has 0 unspecified atom stereocenters. The lowest BCUT2D eigenvalue weighted by molar-refractivity contribution is 0.0767. The molecule has 1 aromatic carbocycles. The van der Waals surface area contributed by atoms with E-state index in [4.69, 9.17) is 4.74 Å². The Balaban J connectivity index is 1.65. The van der Waals surface area contributed by atoms with Crippen molar-refractivity contribution in [1.82, 2.24) is 14.7 Å². The molecule has 0 aliphatic carbocycles. The lowest BCUT2D eigenvalue weighted by Gasteiger charge is -2.23. The lowest BCUT2D eigenvalue weighted by atomic mass is 10.2. The molecule has 1 fully saturated rings. The molecule has 0 atom stereocenters. The molecular weight excluding hydrogens is 292 g/mol. The number of aryl methyl sites for hydroxylation is 1. The topological polar surface area (TPSA) is 50.6 Å². The zero-order valence-corrected chi connectivity index (χ0v) is 13.6. The van der Waals surface area contributed by atoms with Crippen LogP contribution < -0.4 is 9.64 Å². The number of carbonyl (C=O) groups is 1. The zero-order valence-electron chi connectivity index (χ0n) is 13.6. The number of methoxy groups -OCH3 is 1. The predicted molar refractivity (Wildman–Crippen MR) is 88.9 cm³/mol. The molecule has 6 nitrogen and oxygen atoms in total. The molecule has 1 aliphatic rings. The van der Waals surface area contributed by atoms with Crippen molar-refractivity contribution in [2.45, 2.75) is 6.42 Å². The maximum atomic E-state index is 12.5. The highest BCUT2D eigenvalue weighted by atomic mass is 16.5. The summed E-state index contributed by atoms with van der Waals surface area (Å²) in [4.78, 5) is 16.8. The first-order chi connectivity index (χ1) is 11.2. The van der Waals surface area contributed by atoms with Gasteiger partial charge in [0.15, 0.2) is 0 Å². The SMILES string of the molecule is COc1ccc(N2CCCN(C(=O)c3cnn(C)c3)CC2)cc1. The molecule has 0 N–H and O–H groups in total. The number of hydrogen-bond donors (Lipinski definition) is 0. The number of carbonyl (C=O) groups excluding carboxylic acids is 1. The van der Waals surface area contributed by atoms with Crippen molar-refractivity contribution in [3.05, 3.63) is 42.2 Å². The van der Waals surface area contributed by atoms with Crippen molar-refractivity contribution in [3.8, 4) is 5.75 Å². The van der Waals surface area contributed by atoms with Crippen LogP contribution in [0, 0.1) is 0 Å². The molecule has 23 heavy (non-hydrogen) atoms. The van der Waals surface area contributed by atoms with Crippen molar-refractivity contribution in [3.63, 3.8) is 0 Å². The summed E-state index contributed by atoms with van der Waals surface area (Å²) < 4.78 is 6.86. The van der Waals surface area contributed by atoms with Gasteiger partial charge in [0.1, 0.15) is 5.75 Å². The van der Waals surface area contributed by atoms with E-state index in [-0.39, 0.29) is 5.91 Å². The largest absolute Gasteiger partial charge is 0.497 e. The minimum Gasteiger partial charge on any atom is -0.497 e. The maximum absolute atomic E-state index is 12.5. The van der Waals surface area contributed by atoms with E-state index in [0.29, 0.717) is 5.56 Å². The monoisotopic (exact) mass is 314 g/mol. The first-order valence-electron chi connectivity index (χ1n) is 7.84. The fourth-order valence-electron chi connectivity index (χ4n) is 2.89. The molecule has 122 valence electrons. The highest BCUT2D eigenvalue weighted by Gasteiger charge is 2.21. The minimum atomic E-state index is 0.0645. The molecule has 0 radical (unpaired) electrons. The Hall–Kier alpha value is -2.50. The van der Waals surface area contributed by atoms with Crippen LogP contribution in [0.15, 0.2) is 36.7 Å². The third-order valence-electron chi connectivity index (χ3n) is 4.17. The summed E-state index contributed by atoms with van der Waals surface area (Å²) in [5.41, 5.74) is 1.83. The Morgan fingerprint density at radius 2 is 1.91 bits per heavy atom. The molecule has 1 aromatic heterocycles. The number of amides is 1. The smallest absolute Gasteiger partial charge is 0.257 e. The van der Waals surface area contributed by atoms with E-state index in [1.807, 2.05) is 24.1 Å². The Morgan fingerprint density at radius 3 is 2.57 bits per heavy atom. The Bertz CT molecular complexity index is 665. The van der Waals surface area contributed by atoms with E-state index in [9.17, 15) is 4.79 Å². The van der Waals surface area contributed by atoms with Gasteiger partial charge in [0, 0.05) is 45.1 Å². The van der Waals surface area contributed by atoms with Crippen molar-refractivity contribution >= 4 is 11.6 Å². The van der Waals surface area contributed by atoms with Crippen LogP contribution in [0.5, 0.6) is 5.75 Å². The minimum absolute atomic E-state index is 0.0645. The average molecular weight is 314 g/mol. The number of anilines is 1. The second kappa shape index (κ2) is 6.73. The molecule has 1 saturated heterocycles. The lowest BCUT2D eigenvalue weighted by Crippen LogP contribution is -2.35. The predicted octanol–water partition coefficient (Wildman–Crippen LogP) is 1.78. The van der Waals surface area contributed by atoms with Crippen LogP contribution in [0.1, 0.15) is 16.8 Å². The van der Waals surface area contributed by atoms with Gasteiger partial charge >= 0.3 is 0 Å². The summed E-state index contributed by atoms with van der Waals surface area (Å²) in [6.07, 6.45) is 4.36. The number of rotatable bonds is 3. The molecular formula is C17H22N4O2. The Morgan fingerprint density at radius 1 is 1.13 bits per heavy atom. The van der Waals surface area contributed by atoms with Gasteiger partial charge in [0.25, 0.3) is 5.91 Å².